The monoisotopic (exact) mass is 655 g/mol. The number of carbonyl (C=O) groups excluding carboxylic acids is 3. The van der Waals surface area contributed by atoms with Gasteiger partial charge in [0.1, 0.15) is 10.9 Å². The number of aromatic carboxylic acids is 1. The summed E-state index contributed by atoms with van der Waals surface area (Å²) in [6.45, 7) is 3.71. The van der Waals surface area contributed by atoms with Gasteiger partial charge in [0.25, 0.3) is 11.8 Å². The van der Waals surface area contributed by atoms with E-state index in [1.54, 1.807) is 61.5 Å². The van der Waals surface area contributed by atoms with Gasteiger partial charge in [0.05, 0.1) is 5.56 Å². The van der Waals surface area contributed by atoms with Crippen LogP contribution < -0.4 is 16.0 Å². The molecule has 0 aromatic heterocycles. The van der Waals surface area contributed by atoms with Gasteiger partial charge >= 0.3 is 5.97 Å². The van der Waals surface area contributed by atoms with E-state index >= 15 is 0 Å². The van der Waals surface area contributed by atoms with Crippen molar-refractivity contribution in [1.82, 2.24) is 5.32 Å². The molecule has 0 fully saturated rings. The van der Waals surface area contributed by atoms with Gasteiger partial charge in [-0.1, -0.05) is 84.9 Å². The Labute approximate surface area is 282 Å². The number of benzene rings is 5. The fraction of sp³-hybridized carbons (Fsp3) is 0.0769. The lowest BCUT2D eigenvalue weighted by Crippen LogP contribution is -2.30. The van der Waals surface area contributed by atoms with Crippen LogP contribution in [-0.4, -0.2) is 28.8 Å². The molecule has 1 atom stereocenters. The Balaban J connectivity index is 1.39. The molecular weight excluding hydrogens is 623 g/mol. The molecule has 0 bridgehead atoms. The Bertz CT molecular complexity index is 1990. The van der Waals surface area contributed by atoms with E-state index in [0.29, 0.717) is 21.8 Å². The van der Waals surface area contributed by atoms with E-state index in [9.17, 15) is 24.3 Å². The zero-order valence-electron chi connectivity index (χ0n) is 26.3. The lowest BCUT2D eigenvalue weighted by atomic mass is 10.1. The number of amides is 3. The highest BCUT2D eigenvalue weighted by Gasteiger charge is 2.24. The Morgan fingerprint density at radius 2 is 1.38 bits per heavy atom. The number of hydrogen-bond acceptors (Lipinski definition) is 5. The summed E-state index contributed by atoms with van der Waals surface area (Å²) in [5.41, 5.74) is 4.61. The fourth-order valence-electron chi connectivity index (χ4n) is 4.82. The molecule has 5 rings (SSSR count). The van der Waals surface area contributed by atoms with Gasteiger partial charge in [-0.2, -0.15) is 0 Å². The minimum Gasteiger partial charge on any atom is -0.478 e. The second kappa shape index (κ2) is 15.6. The van der Waals surface area contributed by atoms with Crippen LogP contribution in [0.3, 0.4) is 0 Å². The highest BCUT2D eigenvalue weighted by molar-refractivity contribution is 8.00. The van der Waals surface area contributed by atoms with Crippen LogP contribution in [0, 0.1) is 13.8 Å². The summed E-state index contributed by atoms with van der Waals surface area (Å²) in [6, 6.07) is 37.1. The van der Waals surface area contributed by atoms with Crippen LogP contribution in [0.5, 0.6) is 0 Å². The third-order valence-electron chi connectivity index (χ3n) is 7.45. The van der Waals surface area contributed by atoms with Crippen molar-refractivity contribution < 1.29 is 24.3 Å². The number of nitrogens with one attached hydrogen (secondary N) is 3. The average Bonchev–Trinajstić information content (AvgIpc) is 3.09. The first kappa shape index (κ1) is 33.4. The minimum atomic E-state index is -1.09. The lowest BCUT2D eigenvalue weighted by Gasteiger charge is -2.19. The van der Waals surface area contributed by atoms with Gasteiger partial charge in [-0.25, -0.2) is 4.79 Å². The molecule has 1 unspecified atom stereocenters. The Morgan fingerprint density at radius 3 is 2.08 bits per heavy atom. The second-order valence-corrected chi connectivity index (χ2v) is 12.1. The molecule has 5 aromatic rings. The first-order chi connectivity index (χ1) is 23.2. The summed E-state index contributed by atoms with van der Waals surface area (Å²) in [5.74, 6) is -2.36. The largest absolute Gasteiger partial charge is 0.478 e. The van der Waals surface area contributed by atoms with Crippen molar-refractivity contribution in [3.8, 4) is 0 Å². The number of rotatable bonds is 11. The lowest BCUT2D eigenvalue weighted by molar-refractivity contribution is -0.116. The van der Waals surface area contributed by atoms with E-state index in [1.807, 2.05) is 73.7 Å². The maximum Gasteiger partial charge on any atom is 0.335 e. The van der Waals surface area contributed by atoms with Crippen molar-refractivity contribution in [2.75, 3.05) is 10.6 Å². The molecule has 0 aliphatic heterocycles. The fourth-order valence-corrected chi connectivity index (χ4v) is 5.90. The molecule has 4 N–H and O–H groups in total. The summed E-state index contributed by atoms with van der Waals surface area (Å²) < 4.78 is 0. The van der Waals surface area contributed by atoms with Gasteiger partial charge in [0.2, 0.25) is 5.91 Å². The van der Waals surface area contributed by atoms with Crippen molar-refractivity contribution in [1.29, 1.82) is 0 Å². The van der Waals surface area contributed by atoms with Gasteiger partial charge in [0.15, 0.2) is 0 Å². The molecule has 0 aliphatic rings. The van der Waals surface area contributed by atoms with E-state index in [2.05, 4.69) is 16.0 Å². The first-order valence-electron chi connectivity index (χ1n) is 15.1. The molecule has 0 saturated heterocycles. The molecule has 0 saturated carbocycles. The molecule has 0 heterocycles. The van der Waals surface area contributed by atoms with E-state index in [-0.39, 0.29) is 17.2 Å². The highest BCUT2D eigenvalue weighted by atomic mass is 32.2. The summed E-state index contributed by atoms with van der Waals surface area (Å²) in [5, 5.41) is 17.3. The van der Waals surface area contributed by atoms with Crippen LogP contribution in [0.15, 0.2) is 138 Å². The number of aryl methyl sites for hydroxylation is 2. The van der Waals surface area contributed by atoms with Crippen molar-refractivity contribution in [3.63, 3.8) is 0 Å². The van der Waals surface area contributed by atoms with Crippen LogP contribution in [0.1, 0.15) is 48.2 Å². The van der Waals surface area contributed by atoms with Crippen LogP contribution in [-0.2, 0) is 9.59 Å². The van der Waals surface area contributed by atoms with E-state index in [4.69, 9.17) is 0 Å². The molecule has 48 heavy (non-hydrogen) atoms. The molecular formula is C39H33N3O5S. The summed E-state index contributed by atoms with van der Waals surface area (Å²) in [7, 11) is 0. The summed E-state index contributed by atoms with van der Waals surface area (Å²) >= 11 is 1.28. The van der Waals surface area contributed by atoms with E-state index in [0.717, 1.165) is 22.3 Å². The van der Waals surface area contributed by atoms with Gasteiger partial charge in [0, 0.05) is 21.8 Å². The maximum atomic E-state index is 13.7. The quantitative estimate of drug-likeness (QED) is 0.0848. The van der Waals surface area contributed by atoms with Crippen LogP contribution in [0.2, 0.25) is 0 Å². The zero-order chi connectivity index (χ0) is 34.0. The summed E-state index contributed by atoms with van der Waals surface area (Å²) in [4.78, 5) is 52.7. The molecule has 8 nitrogen and oxygen atoms in total. The number of anilines is 2. The third-order valence-corrected chi connectivity index (χ3v) is 8.69. The van der Waals surface area contributed by atoms with Crippen molar-refractivity contribution in [3.05, 3.63) is 166 Å². The first-order valence-corrected chi connectivity index (χ1v) is 16.0. The maximum absolute atomic E-state index is 13.7. The SMILES string of the molecule is Cc1ccccc1/C=C(\NC(=O)c1ccccc1)C(=O)Nc1cccc(SC(C(=O)Nc2cc(C(=O)O)ccc2C)c2ccccc2)c1. The van der Waals surface area contributed by atoms with Crippen LogP contribution in [0.25, 0.3) is 6.08 Å². The highest BCUT2D eigenvalue weighted by Crippen LogP contribution is 2.37. The van der Waals surface area contributed by atoms with Gasteiger partial charge < -0.3 is 21.1 Å². The number of thioether (sulfide) groups is 1. The molecule has 0 spiro atoms. The Morgan fingerprint density at radius 1 is 0.688 bits per heavy atom. The molecule has 5 aromatic carbocycles. The Kier molecular flexibility index (Phi) is 10.8. The normalized spacial score (nSPS) is 11.7. The van der Waals surface area contributed by atoms with E-state index in [1.165, 1.54) is 23.9 Å². The van der Waals surface area contributed by atoms with Gasteiger partial charge in [-0.05, 0) is 84.6 Å². The molecule has 3 amide bonds. The van der Waals surface area contributed by atoms with Crippen molar-refractivity contribution in [2.24, 2.45) is 0 Å². The van der Waals surface area contributed by atoms with Crippen molar-refractivity contribution in [2.45, 2.75) is 24.0 Å². The van der Waals surface area contributed by atoms with Crippen molar-refractivity contribution >= 4 is 52.9 Å². The second-order valence-electron chi connectivity index (χ2n) is 10.9. The van der Waals surface area contributed by atoms with Gasteiger partial charge in [-0.3, -0.25) is 14.4 Å². The predicted octanol–water partition coefficient (Wildman–Crippen LogP) is 7.88. The van der Waals surface area contributed by atoms with E-state index < -0.39 is 23.0 Å². The standard InChI is InChI=1S/C39H33N3O5S/c1-25-12-9-10-17-29(25)22-34(42-36(43)28-15-7-4-8-16-28)37(44)40-31-18-11-19-32(24-31)48-35(27-13-5-3-6-14-27)38(45)41-33-23-30(39(46)47)21-20-26(33)2/h3-24,35H,1-2H3,(H,40,44)(H,41,45)(H,42,43)(H,46,47)/b34-22-. The summed E-state index contributed by atoms with van der Waals surface area (Å²) in [6.07, 6.45) is 1.64. The third kappa shape index (κ3) is 8.65. The van der Waals surface area contributed by atoms with Crippen LogP contribution >= 0.6 is 11.8 Å². The average molecular weight is 656 g/mol. The molecule has 9 heteroatoms. The predicted molar refractivity (Wildman–Crippen MR) is 190 cm³/mol. The zero-order valence-corrected chi connectivity index (χ0v) is 27.1. The smallest absolute Gasteiger partial charge is 0.335 e. The number of carboxylic acids is 1. The van der Waals surface area contributed by atoms with Gasteiger partial charge in [-0.15, -0.1) is 11.8 Å². The molecule has 0 aliphatic carbocycles. The topological polar surface area (TPSA) is 125 Å². The van der Waals surface area contributed by atoms with Crippen LogP contribution in [0.4, 0.5) is 11.4 Å². The molecule has 240 valence electrons. The number of carbonyl (C=O) groups is 4. The minimum absolute atomic E-state index is 0.0664. The Hall–Kier alpha value is -5.93. The number of carboxylic acid groups (broad SMARTS) is 1. The number of hydrogen-bond donors (Lipinski definition) is 4. The molecule has 0 radical (unpaired) electrons.